The topological polar surface area (TPSA) is 117 Å². The third-order valence-electron chi connectivity index (χ3n) is 9.96. The van der Waals surface area contributed by atoms with Crippen molar-refractivity contribution in [2.45, 2.75) is 96.2 Å². The Hall–Kier alpha value is -3.50. The van der Waals surface area contributed by atoms with Crippen molar-refractivity contribution in [3.8, 4) is 0 Å². The Labute approximate surface area is 272 Å². The van der Waals surface area contributed by atoms with E-state index in [2.05, 4.69) is 20.8 Å². The van der Waals surface area contributed by atoms with Crippen LogP contribution in [0.3, 0.4) is 0 Å². The Balaban J connectivity index is 1.60. The Morgan fingerprint density at radius 3 is 2.35 bits per heavy atom. The van der Waals surface area contributed by atoms with Gasteiger partial charge in [0.2, 0.25) is 17.7 Å². The van der Waals surface area contributed by atoms with Gasteiger partial charge in [0.05, 0.1) is 24.7 Å². The lowest BCUT2D eigenvalue weighted by Crippen LogP contribution is -2.60. The predicted octanol–water partition coefficient (Wildman–Crippen LogP) is 3.65. The quantitative estimate of drug-likeness (QED) is 0.388. The van der Waals surface area contributed by atoms with Crippen LogP contribution in [0.25, 0.3) is 0 Å². The minimum Gasteiger partial charge on any atom is -0.455 e. The average Bonchev–Trinajstić information content (AvgIpc) is 3.36. The fraction of sp³-hybridized carbons (Fsp3) is 0.611. The van der Waals surface area contributed by atoms with Crippen LogP contribution in [-0.4, -0.2) is 99.6 Å². The van der Waals surface area contributed by atoms with E-state index in [1.807, 2.05) is 57.2 Å². The molecule has 0 aliphatic carbocycles. The van der Waals surface area contributed by atoms with Crippen LogP contribution in [0.2, 0.25) is 0 Å². The van der Waals surface area contributed by atoms with Gasteiger partial charge in [-0.25, -0.2) is 0 Å². The Morgan fingerprint density at radius 1 is 1.00 bits per heavy atom. The van der Waals surface area contributed by atoms with Crippen molar-refractivity contribution in [1.29, 1.82) is 0 Å². The predicted molar refractivity (Wildman–Crippen MR) is 172 cm³/mol. The first-order valence-corrected chi connectivity index (χ1v) is 16.4. The maximum Gasteiger partial charge on any atom is 0.313 e. The summed E-state index contributed by atoms with van der Waals surface area (Å²) in [7, 11) is 1.70. The largest absolute Gasteiger partial charge is 0.455 e. The van der Waals surface area contributed by atoms with Crippen LogP contribution in [0.4, 0.5) is 0 Å². The molecule has 7 atom stereocenters. The molecule has 5 rings (SSSR count). The number of aliphatic hydroxyl groups excluding tert-OH is 1. The molecular formula is C36H49N3O7. The summed E-state index contributed by atoms with van der Waals surface area (Å²) in [6.45, 7) is 12.2. The van der Waals surface area contributed by atoms with E-state index in [1.165, 1.54) is 4.90 Å². The third kappa shape index (κ3) is 6.01. The van der Waals surface area contributed by atoms with Gasteiger partial charge in [-0.15, -0.1) is 0 Å². The van der Waals surface area contributed by atoms with Crippen molar-refractivity contribution in [3.63, 3.8) is 0 Å². The van der Waals surface area contributed by atoms with Gasteiger partial charge in [-0.05, 0) is 44.6 Å². The molecule has 2 fully saturated rings. The van der Waals surface area contributed by atoms with Crippen molar-refractivity contribution in [3.05, 3.63) is 60.2 Å². The molecule has 0 radical (unpaired) electrons. The first-order valence-electron chi connectivity index (χ1n) is 16.4. The highest BCUT2D eigenvalue weighted by Gasteiger charge is 2.72. The van der Waals surface area contributed by atoms with E-state index >= 15 is 0 Å². The van der Waals surface area contributed by atoms with Crippen LogP contribution in [0.5, 0.6) is 0 Å². The second-order valence-corrected chi connectivity index (χ2v) is 15.0. The minimum atomic E-state index is -1.45. The van der Waals surface area contributed by atoms with Crippen LogP contribution < -0.4 is 0 Å². The van der Waals surface area contributed by atoms with Crippen LogP contribution >= 0.6 is 0 Å². The van der Waals surface area contributed by atoms with Gasteiger partial charge in [0.25, 0.3) is 0 Å². The number of aliphatic hydroxyl groups is 1. The normalized spacial score (nSPS) is 33.1. The molecule has 10 nitrogen and oxygen atoms in total. The fourth-order valence-corrected chi connectivity index (χ4v) is 8.17. The van der Waals surface area contributed by atoms with Gasteiger partial charge in [0.1, 0.15) is 23.7 Å². The van der Waals surface area contributed by atoms with Crippen LogP contribution in [0.15, 0.2) is 54.6 Å². The van der Waals surface area contributed by atoms with E-state index in [0.717, 1.165) is 5.56 Å². The van der Waals surface area contributed by atoms with Crippen molar-refractivity contribution >= 4 is 23.7 Å². The molecule has 250 valence electrons. The number of allylic oxidation sites excluding steroid dienone is 1. The highest BCUT2D eigenvalue weighted by atomic mass is 16.6. The average molecular weight is 636 g/mol. The summed E-state index contributed by atoms with van der Waals surface area (Å²) in [5.41, 5.74) is -1.36. The van der Waals surface area contributed by atoms with E-state index in [4.69, 9.17) is 9.47 Å². The molecule has 0 aromatic heterocycles. The fourth-order valence-electron chi connectivity index (χ4n) is 8.17. The van der Waals surface area contributed by atoms with Gasteiger partial charge in [-0.1, -0.05) is 75.4 Å². The minimum absolute atomic E-state index is 0.0723. The van der Waals surface area contributed by atoms with Crippen molar-refractivity contribution in [2.24, 2.45) is 17.3 Å². The molecule has 4 heterocycles. The number of fused-ring (bicyclic) bond motifs is 2. The number of β-amino-alcohol motifs (C(OH)–C–C–N with tert-alkyl or cyclic N) is 1. The number of likely N-dealkylation sites (tertiary alicyclic amines) is 1. The molecule has 1 aromatic rings. The van der Waals surface area contributed by atoms with E-state index in [1.54, 1.807) is 35.1 Å². The van der Waals surface area contributed by atoms with Gasteiger partial charge in [0, 0.05) is 32.1 Å². The molecule has 4 aliphatic rings. The van der Waals surface area contributed by atoms with Gasteiger partial charge in [0.15, 0.2) is 0 Å². The molecule has 0 unspecified atom stereocenters. The summed E-state index contributed by atoms with van der Waals surface area (Å²) in [5.74, 6) is -3.52. The Bertz CT molecular complexity index is 1400. The summed E-state index contributed by atoms with van der Waals surface area (Å²) < 4.78 is 13.1. The van der Waals surface area contributed by atoms with Crippen LogP contribution in [0.1, 0.15) is 72.5 Å². The lowest BCUT2D eigenvalue weighted by atomic mass is 9.77. The molecule has 1 aromatic carbocycles. The maximum atomic E-state index is 14.7. The highest BCUT2D eigenvalue weighted by molar-refractivity contribution is 5.99. The van der Waals surface area contributed by atoms with E-state index in [9.17, 15) is 24.3 Å². The zero-order valence-corrected chi connectivity index (χ0v) is 28.1. The van der Waals surface area contributed by atoms with E-state index in [-0.39, 0.29) is 36.8 Å². The van der Waals surface area contributed by atoms with Crippen LogP contribution in [-0.2, 0) is 28.7 Å². The standard InChI is InChI=1S/C36H49N3O7/c1-23-29(24-14-9-8-10-15-24)45-33(44)27-25(16-11-12-17-26(41)37(23)7)46-36-18-13-19-39(35(5,6)22-34(2,3)4)32(43)30(36)38(20-21-40)31(42)28(27)36/h8-11,13-16,18,23,25,27-30,40H,12,17,19-22H2,1-7H3/b16-11-/t23-,25-,27+,28+,29+,30-,36+/m0/s1. The molecular weight excluding hydrogens is 586 g/mol. The molecule has 2 saturated heterocycles. The molecule has 4 aliphatic heterocycles. The number of amides is 3. The number of nitrogens with zero attached hydrogens (tertiary/aromatic N) is 3. The summed E-state index contributed by atoms with van der Waals surface area (Å²) in [6.07, 6.45) is 6.92. The number of cyclic esters (lactones) is 1. The zero-order chi connectivity index (χ0) is 33.6. The Kier molecular flexibility index (Phi) is 9.27. The van der Waals surface area contributed by atoms with E-state index in [0.29, 0.717) is 19.4 Å². The number of rotatable bonds is 5. The third-order valence-corrected chi connectivity index (χ3v) is 9.96. The van der Waals surface area contributed by atoms with Crippen molar-refractivity contribution in [1.82, 2.24) is 14.7 Å². The van der Waals surface area contributed by atoms with Crippen molar-refractivity contribution in [2.75, 3.05) is 26.7 Å². The summed E-state index contributed by atoms with van der Waals surface area (Å²) in [4.78, 5) is 61.4. The summed E-state index contributed by atoms with van der Waals surface area (Å²) in [5, 5.41) is 10.0. The number of ether oxygens (including phenoxy) is 2. The van der Waals surface area contributed by atoms with Crippen LogP contribution in [0, 0.1) is 17.3 Å². The van der Waals surface area contributed by atoms with Gasteiger partial charge in [-0.3, -0.25) is 19.2 Å². The number of carbonyl (C=O) groups is 4. The van der Waals surface area contributed by atoms with Crippen molar-refractivity contribution < 1.29 is 33.8 Å². The van der Waals surface area contributed by atoms with Gasteiger partial charge >= 0.3 is 5.97 Å². The lowest BCUT2D eigenvalue weighted by Gasteiger charge is -2.44. The second-order valence-electron chi connectivity index (χ2n) is 15.0. The monoisotopic (exact) mass is 635 g/mol. The molecule has 3 amide bonds. The molecule has 1 spiro atoms. The molecule has 10 heteroatoms. The molecule has 0 saturated carbocycles. The number of hydrogen-bond donors (Lipinski definition) is 1. The summed E-state index contributed by atoms with van der Waals surface area (Å²) >= 11 is 0. The van der Waals surface area contributed by atoms with E-state index < -0.39 is 59.1 Å². The molecule has 46 heavy (non-hydrogen) atoms. The highest BCUT2D eigenvalue weighted by Crippen LogP contribution is 2.54. The van der Waals surface area contributed by atoms with Gasteiger partial charge in [-0.2, -0.15) is 0 Å². The second kappa shape index (κ2) is 12.6. The SMILES string of the molecule is C[C@H]1[C@H](c2ccccc2)OC(=O)[C@@H]2[C@H](/C=C\CCC(=O)N1C)O[C@@]13C=CCN(C(C)(C)CC(C)(C)C)C(=O)[C@@H]1N(CCO)C(=O)[C@@H]23. The maximum absolute atomic E-state index is 14.7. The molecule has 1 N–H and O–H groups in total. The smallest absolute Gasteiger partial charge is 0.313 e. The first-order chi connectivity index (χ1) is 21.6. The zero-order valence-electron chi connectivity index (χ0n) is 28.1. The number of carbonyl (C=O) groups excluding carboxylic acids is 4. The first kappa shape index (κ1) is 33.9. The number of hydrogen-bond acceptors (Lipinski definition) is 7. The van der Waals surface area contributed by atoms with Gasteiger partial charge < -0.3 is 29.3 Å². The Morgan fingerprint density at radius 2 is 1.70 bits per heavy atom. The number of benzene rings is 1. The summed E-state index contributed by atoms with van der Waals surface area (Å²) in [6, 6.07) is 7.69. The number of esters is 1. The lowest BCUT2D eigenvalue weighted by molar-refractivity contribution is -0.164. The molecule has 0 bridgehead atoms. The number of likely N-dealkylation sites (N-methyl/N-ethyl adjacent to an activating group) is 1.